The number of carbonyl (C=O) groups is 2. The number of nitrogens with one attached hydrogen (secondary N) is 1. The van der Waals surface area contributed by atoms with Gasteiger partial charge in [0.05, 0.1) is 46.6 Å². The van der Waals surface area contributed by atoms with Gasteiger partial charge in [-0.2, -0.15) is 0 Å². The molecule has 0 bridgehead atoms. The number of ether oxygens (including phenoxy) is 2. The van der Waals surface area contributed by atoms with Gasteiger partial charge >= 0.3 is 11.9 Å². The van der Waals surface area contributed by atoms with Crippen LogP contribution in [0.3, 0.4) is 0 Å². The molecule has 0 saturated heterocycles. The number of esters is 2. The molecule has 10 heteroatoms. The van der Waals surface area contributed by atoms with Crippen LogP contribution in [0.25, 0.3) is 0 Å². The van der Waals surface area contributed by atoms with Crippen LogP contribution in [0.15, 0.2) is 59.1 Å². The first kappa shape index (κ1) is 31.7. The number of rotatable bonds is 14. The molecule has 3 aromatic rings. The number of benzene rings is 3. The normalized spacial score (nSPS) is 10.9. The molecule has 0 spiro atoms. The standard InChI is InChI=1S/C30H34BrCl2N3O4/c1-3-13-36(2)19-22-16-21(17-23(31)28(22)34)30(38)40-15-7-6-14-39-27(37)18-20-9-4-5-12-26(20)35-29-24(32)10-8-11-25(29)33/h4-5,8-12,16-17,35H,3,6-7,13-15,18-19,34H2,1-2H3. The van der Waals surface area contributed by atoms with E-state index >= 15 is 0 Å². The van der Waals surface area contributed by atoms with Gasteiger partial charge in [-0.05, 0) is 90.2 Å². The van der Waals surface area contributed by atoms with Crippen LogP contribution in [0.5, 0.6) is 0 Å². The molecular weight excluding hydrogens is 617 g/mol. The van der Waals surface area contributed by atoms with Crippen LogP contribution in [-0.2, 0) is 27.2 Å². The van der Waals surface area contributed by atoms with E-state index in [1.807, 2.05) is 31.3 Å². The lowest BCUT2D eigenvalue weighted by atomic mass is 10.1. The smallest absolute Gasteiger partial charge is 0.338 e. The Balaban J connectivity index is 1.43. The fourth-order valence-electron chi connectivity index (χ4n) is 4.07. The molecule has 0 heterocycles. The van der Waals surface area contributed by atoms with Crippen molar-refractivity contribution in [2.45, 2.75) is 39.2 Å². The van der Waals surface area contributed by atoms with Gasteiger partial charge in [0.15, 0.2) is 0 Å². The van der Waals surface area contributed by atoms with Crippen molar-refractivity contribution >= 4 is 68.1 Å². The Hall–Kier alpha value is -2.78. The second-order valence-corrected chi connectivity index (χ2v) is 11.1. The maximum Gasteiger partial charge on any atom is 0.338 e. The van der Waals surface area contributed by atoms with Crippen LogP contribution in [0.2, 0.25) is 10.0 Å². The molecule has 0 atom stereocenters. The second kappa shape index (κ2) is 15.9. The molecule has 3 rings (SSSR count). The molecule has 0 radical (unpaired) electrons. The molecular formula is C30H34BrCl2N3O4. The van der Waals surface area contributed by atoms with E-state index in [4.69, 9.17) is 38.4 Å². The van der Waals surface area contributed by atoms with Gasteiger partial charge in [-0.3, -0.25) is 4.79 Å². The third kappa shape index (κ3) is 9.41. The Morgan fingerprint density at radius 3 is 2.35 bits per heavy atom. The predicted octanol–water partition coefficient (Wildman–Crippen LogP) is 7.65. The summed E-state index contributed by atoms with van der Waals surface area (Å²) in [5, 5.41) is 4.18. The minimum atomic E-state index is -0.417. The molecule has 214 valence electrons. The third-order valence-electron chi connectivity index (χ3n) is 6.11. The maximum atomic E-state index is 12.6. The third-order valence-corrected chi connectivity index (χ3v) is 7.39. The summed E-state index contributed by atoms with van der Waals surface area (Å²) in [6.45, 7) is 4.12. The molecule has 7 nitrogen and oxygen atoms in total. The summed E-state index contributed by atoms with van der Waals surface area (Å²) >= 11 is 16.0. The molecule has 0 aliphatic heterocycles. The number of nitrogen functional groups attached to an aromatic ring is 1. The van der Waals surface area contributed by atoms with E-state index in [-0.39, 0.29) is 25.6 Å². The molecule has 0 fully saturated rings. The van der Waals surface area contributed by atoms with E-state index in [1.165, 1.54) is 0 Å². The van der Waals surface area contributed by atoms with Gasteiger partial charge in [0.1, 0.15) is 0 Å². The second-order valence-electron chi connectivity index (χ2n) is 9.39. The quantitative estimate of drug-likeness (QED) is 0.105. The summed E-state index contributed by atoms with van der Waals surface area (Å²) in [6, 6.07) is 16.1. The summed E-state index contributed by atoms with van der Waals surface area (Å²) in [7, 11) is 2.01. The van der Waals surface area contributed by atoms with E-state index in [1.54, 1.807) is 30.3 Å². The Labute approximate surface area is 254 Å². The molecule has 0 saturated carbocycles. The number of carbonyl (C=O) groups excluding carboxylic acids is 2. The highest BCUT2D eigenvalue weighted by molar-refractivity contribution is 9.10. The number of anilines is 3. The molecule has 0 aliphatic carbocycles. The number of hydrogen-bond acceptors (Lipinski definition) is 7. The van der Waals surface area contributed by atoms with Gasteiger partial charge in [-0.15, -0.1) is 0 Å². The van der Waals surface area contributed by atoms with E-state index in [9.17, 15) is 9.59 Å². The Morgan fingerprint density at radius 2 is 1.65 bits per heavy atom. The summed E-state index contributed by atoms with van der Waals surface area (Å²) < 4.78 is 11.5. The number of hydrogen-bond donors (Lipinski definition) is 2. The zero-order valence-electron chi connectivity index (χ0n) is 22.6. The van der Waals surface area contributed by atoms with Crippen LogP contribution in [0, 0.1) is 0 Å². The SMILES string of the molecule is CCCN(C)Cc1cc(C(=O)OCCCCOC(=O)Cc2ccccc2Nc2c(Cl)cccc2Cl)cc(Br)c1N. The number of nitrogens with zero attached hydrogens (tertiary/aromatic N) is 1. The fraction of sp³-hybridized carbons (Fsp3) is 0.333. The van der Waals surface area contributed by atoms with Crippen LogP contribution in [-0.4, -0.2) is 43.6 Å². The number of halogens is 3. The lowest BCUT2D eigenvalue weighted by Crippen LogP contribution is -2.20. The first-order valence-corrected chi connectivity index (χ1v) is 14.6. The molecule has 0 unspecified atom stereocenters. The summed E-state index contributed by atoms with van der Waals surface area (Å²) in [4.78, 5) is 27.2. The highest BCUT2D eigenvalue weighted by Gasteiger charge is 2.15. The zero-order valence-corrected chi connectivity index (χ0v) is 25.7. The van der Waals surface area contributed by atoms with Gasteiger partial charge in [0, 0.05) is 16.7 Å². The van der Waals surface area contributed by atoms with Gasteiger partial charge in [0.25, 0.3) is 0 Å². The molecule has 0 aliphatic rings. The topological polar surface area (TPSA) is 93.9 Å². The van der Waals surface area contributed by atoms with Crippen molar-refractivity contribution in [2.75, 3.05) is 37.9 Å². The first-order chi connectivity index (χ1) is 19.2. The molecule has 0 aromatic heterocycles. The highest BCUT2D eigenvalue weighted by Crippen LogP contribution is 2.33. The van der Waals surface area contributed by atoms with Crippen molar-refractivity contribution in [3.8, 4) is 0 Å². The average molecular weight is 651 g/mol. The minimum absolute atomic E-state index is 0.0853. The van der Waals surface area contributed by atoms with Crippen molar-refractivity contribution in [3.05, 3.63) is 85.8 Å². The Morgan fingerprint density at radius 1 is 0.975 bits per heavy atom. The number of unbranched alkanes of at least 4 members (excludes halogenated alkanes) is 1. The monoisotopic (exact) mass is 649 g/mol. The van der Waals surface area contributed by atoms with Gasteiger partial charge in [-0.1, -0.05) is 54.4 Å². The Bertz CT molecular complexity index is 1300. The molecule has 0 amide bonds. The van der Waals surface area contributed by atoms with E-state index in [0.717, 1.165) is 29.8 Å². The lowest BCUT2D eigenvalue weighted by molar-refractivity contribution is -0.143. The summed E-state index contributed by atoms with van der Waals surface area (Å²) in [6.07, 6.45) is 2.23. The summed E-state index contributed by atoms with van der Waals surface area (Å²) in [5.41, 5.74) is 10.2. The first-order valence-electron chi connectivity index (χ1n) is 13.1. The molecule has 3 N–H and O–H groups in total. The van der Waals surface area contributed by atoms with Crippen molar-refractivity contribution in [1.29, 1.82) is 0 Å². The van der Waals surface area contributed by atoms with Gasteiger partial charge in [0.2, 0.25) is 0 Å². The number of nitrogens with two attached hydrogens (primary N) is 1. The Kier molecular flexibility index (Phi) is 12.6. The van der Waals surface area contributed by atoms with Crippen molar-refractivity contribution < 1.29 is 19.1 Å². The van der Waals surface area contributed by atoms with E-state index in [2.05, 4.69) is 33.1 Å². The van der Waals surface area contributed by atoms with Crippen LogP contribution < -0.4 is 11.1 Å². The van der Waals surface area contributed by atoms with Crippen molar-refractivity contribution in [1.82, 2.24) is 4.90 Å². The van der Waals surface area contributed by atoms with E-state index in [0.29, 0.717) is 50.8 Å². The number of para-hydroxylation sites is 2. The van der Waals surface area contributed by atoms with Crippen LogP contribution >= 0.6 is 39.1 Å². The lowest BCUT2D eigenvalue weighted by Gasteiger charge is -2.18. The van der Waals surface area contributed by atoms with E-state index < -0.39 is 5.97 Å². The molecule has 3 aromatic carbocycles. The van der Waals surface area contributed by atoms with Gasteiger partial charge in [-0.25, -0.2) is 4.79 Å². The summed E-state index contributed by atoms with van der Waals surface area (Å²) in [5.74, 6) is -0.774. The zero-order chi connectivity index (χ0) is 29.1. The fourth-order valence-corrected chi connectivity index (χ4v) is 5.06. The largest absolute Gasteiger partial charge is 0.465 e. The maximum absolute atomic E-state index is 12.6. The van der Waals surface area contributed by atoms with Crippen LogP contribution in [0.1, 0.15) is 47.7 Å². The highest BCUT2D eigenvalue weighted by atomic mass is 79.9. The van der Waals surface area contributed by atoms with Crippen molar-refractivity contribution in [3.63, 3.8) is 0 Å². The van der Waals surface area contributed by atoms with Gasteiger partial charge < -0.3 is 25.4 Å². The molecule has 40 heavy (non-hydrogen) atoms. The average Bonchev–Trinajstić information content (AvgIpc) is 2.91. The minimum Gasteiger partial charge on any atom is -0.465 e. The predicted molar refractivity (Wildman–Crippen MR) is 166 cm³/mol. The van der Waals surface area contributed by atoms with Crippen LogP contribution in [0.4, 0.5) is 17.1 Å². The van der Waals surface area contributed by atoms with Crippen molar-refractivity contribution in [2.24, 2.45) is 0 Å².